The van der Waals surface area contributed by atoms with Crippen LogP contribution in [0.3, 0.4) is 0 Å². The maximum absolute atomic E-state index is 17.0. The van der Waals surface area contributed by atoms with Crippen molar-refractivity contribution in [3.8, 4) is 29.6 Å². The molecule has 4 atom stereocenters. The number of benzene rings is 2. The van der Waals surface area contributed by atoms with Crippen LogP contribution < -0.4 is 9.64 Å². The molecule has 9 rings (SSSR count). The highest BCUT2D eigenvalue weighted by atomic mass is 19.1. The second-order valence-electron chi connectivity index (χ2n) is 15.4. The summed E-state index contributed by atoms with van der Waals surface area (Å²) in [5, 5.41) is 1.47. The highest BCUT2D eigenvalue weighted by Crippen LogP contribution is 2.42. The van der Waals surface area contributed by atoms with E-state index < -0.39 is 23.7 Å². The summed E-state index contributed by atoms with van der Waals surface area (Å²) in [5.74, 6) is 0.761. The number of esters is 1. The highest BCUT2D eigenvalue weighted by molar-refractivity contribution is 6.02. The molecular formula is C40H40F2N6O4. The third kappa shape index (κ3) is 5.03. The van der Waals surface area contributed by atoms with Gasteiger partial charge in [0.05, 0.1) is 16.5 Å². The fourth-order valence-electron chi connectivity index (χ4n) is 9.60. The highest BCUT2D eigenvalue weighted by Gasteiger charge is 2.54. The lowest BCUT2D eigenvalue weighted by atomic mass is 9.85. The first-order valence-electron chi connectivity index (χ1n) is 18.4. The number of ether oxygens (including phenoxy) is 2. The van der Waals surface area contributed by atoms with Gasteiger partial charge in [0.25, 0.3) is 5.91 Å². The number of piperazine rings is 1. The van der Waals surface area contributed by atoms with Crippen LogP contribution in [-0.4, -0.2) is 93.1 Å². The molecule has 0 radical (unpaired) electrons. The molecule has 7 heterocycles. The van der Waals surface area contributed by atoms with Gasteiger partial charge >= 0.3 is 12.0 Å². The molecule has 2 unspecified atom stereocenters. The Kier molecular flexibility index (Phi) is 7.84. The summed E-state index contributed by atoms with van der Waals surface area (Å²) in [6.07, 6.45) is 12.4. The number of anilines is 1. The molecule has 5 aliphatic heterocycles. The maximum atomic E-state index is 17.0. The predicted octanol–water partition coefficient (Wildman–Crippen LogP) is 5.49. The molecule has 2 aromatic heterocycles. The summed E-state index contributed by atoms with van der Waals surface area (Å²) in [4.78, 5) is 46.6. The standard InChI is InChI=1S/C40H40F2N6O4/c1-4-26-29(41)13-10-23-8-5-9-27(31(23)26)33-32(42)34-28(18-43-33)36(45-39(44-34)51-21-40-14-6-16-47(40)17-7-15-40)46-19-24-11-12-25(20-46)48(24)37(49)35-30(22(2)3)38(50)52-35/h1,5,8-10,13,18,22,24-25,30,35H,6-7,11-12,14-17,19-21H2,2-3H3/t24?,25?,30-,35+/m0/s1. The first-order chi connectivity index (χ1) is 25.2. The summed E-state index contributed by atoms with van der Waals surface area (Å²) in [6, 6.07) is 7.98. The van der Waals surface area contributed by atoms with E-state index in [4.69, 9.17) is 20.9 Å². The smallest absolute Gasteiger partial charge is 0.319 e. The number of terminal acetylenes is 1. The molecule has 5 saturated heterocycles. The van der Waals surface area contributed by atoms with E-state index in [1.807, 2.05) is 18.7 Å². The molecule has 5 fully saturated rings. The van der Waals surface area contributed by atoms with Crippen LogP contribution in [-0.2, 0) is 14.3 Å². The SMILES string of the molecule is C#Cc1c(F)ccc2cccc(-c3ncc4c(N5CC6CCC(C5)N6C(=O)[C@@H]5OC(=O)[C@H]5C(C)C)nc(OCC56CCCN5CCC6)nc4c3F)c12. The van der Waals surface area contributed by atoms with E-state index in [0.29, 0.717) is 47.2 Å². The lowest BCUT2D eigenvalue weighted by molar-refractivity contribution is -0.197. The van der Waals surface area contributed by atoms with Crippen molar-refractivity contribution in [2.24, 2.45) is 11.8 Å². The van der Waals surface area contributed by atoms with Gasteiger partial charge in [-0.05, 0) is 69.0 Å². The molecule has 2 aromatic carbocycles. The van der Waals surface area contributed by atoms with Crippen LogP contribution in [0.1, 0.15) is 57.9 Å². The molecule has 12 heteroatoms. The maximum Gasteiger partial charge on any atom is 0.319 e. The Morgan fingerprint density at radius 3 is 2.54 bits per heavy atom. The zero-order valence-electron chi connectivity index (χ0n) is 29.3. The number of amides is 1. The van der Waals surface area contributed by atoms with Crippen molar-refractivity contribution >= 4 is 39.4 Å². The first kappa shape index (κ1) is 33.0. The number of nitrogens with zero attached hydrogens (tertiary/aromatic N) is 6. The molecule has 268 valence electrons. The Morgan fingerprint density at radius 2 is 1.85 bits per heavy atom. The largest absolute Gasteiger partial charge is 0.461 e. The van der Waals surface area contributed by atoms with E-state index in [1.54, 1.807) is 30.5 Å². The Balaban J connectivity index is 1.11. The monoisotopic (exact) mass is 706 g/mol. The summed E-state index contributed by atoms with van der Waals surface area (Å²) in [7, 11) is 0. The zero-order valence-corrected chi connectivity index (χ0v) is 29.3. The van der Waals surface area contributed by atoms with Crippen LogP contribution in [0.4, 0.5) is 14.6 Å². The average molecular weight is 707 g/mol. The van der Waals surface area contributed by atoms with Gasteiger partial charge in [0, 0.05) is 42.3 Å². The van der Waals surface area contributed by atoms with Gasteiger partial charge in [-0.15, -0.1) is 6.42 Å². The van der Waals surface area contributed by atoms with Crippen molar-refractivity contribution in [1.82, 2.24) is 24.8 Å². The molecule has 0 N–H and O–H groups in total. The molecule has 4 aromatic rings. The van der Waals surface area contributed by atoms with Crippen molar-refractivity contribution in [3.63, 3.8) is 0 Å². The third-order valence-corrected chi connectivity index (χ3v) is 12.2. The van der Waals surface area contributed by atoms with E-state index in [-0.39, 0.29) is 58.2 Å². The van der Waals surface area contributed by atoms with Gasteiger partial charge in [-0.2, -0.15) is 9.97 Å². The Hall–Kier alpha value is -4.89. The summed E-state index contributed by atoms with van der Waals surface area (Å²) < 4.78 is 43.7. The minimum Gasteiger partial charge on any atom is -0.461 e. The quantitative estimate of drug-likeness (QED) is 0.183. The number of carbonyl (C=O) groups is 2. The Labute approximate surface area is 300 Å². The van der Waals surface area contributed by atoms with E-state index in [1.165, 1.54) is 6.07 Å². The summed E-state index contributed by atoms with van der Waals surface area (Å²) in [6.45, 7) is 7.24. The van der Waals surface area contributed by atoms with Crippen molar-refractivity contribution in [2.45, 2.75) is 76.1 Å². The number of fused-ring (bicyclic) bond motifs is 5. The number of pyridine rings is 1. The van der Waals surface area contributed by atoms with E-state index >= 15 is 4.39 Å². The molecule has 52 heavy (non-hydrogen) atoms. The number of aromatic nitrogens is 3. The minimum absolute atomic E-state index is 0.00150. The average Bonchev–Trinajstić information content (AvgIpc) is 3.79. The minimum atomic E-state index is -0.763. The predicted molar refractivity (Wildman–Crippen MR) is 190 cm³/mol. The Morgan fingerprint density at radius 1 is 1.10 bits per heavy atom. The van der Waals surface area contributed by atoms with Gasteiger partial charge in [-0.1, -0.05) is 44.0 Å². The Bertz CT molecular complexity index is 2160. The normalized spacial score (nSPS) is 25.0. The van der Waals surface area contributed by atoms with Crippen LogP contribution in [0.5, 0.6) is 6.01 Å². The molecule has 10 nitrogen and oxygen atoms in total. The first-order valence-corrected chi connectivity index (χ1v) is 18.4. The fraction of sp³-hybridized carbons (Fsp3) is 0.475. The number of halogens is 2. The second kappa shape index (κ2) is 12.4. The molecule has 0 saturated carbocycles. The topological polar surface area (TPSA) is 101 Å². The van der Waals surface area contributed by atoms with Gasteiger partial charge in [-0.3, -0.25) is 19.5 Å². The third-order valence-electron chi connectivity index (χ3n) is 12.2. The van der Waals surface area contributed by atoms with Crippen LogP contribution in [0.25, 0.3) is 32.9 Å². The molecule has 0 aliphatic carbocycles. The molecule has 0 spiro atoms. The summed E-state index contributed by atoms with van der Waals surface area (Å²) in [5.41, 5.74) is 0.360. The summed E-state index contributed by atoms with van der Waals surface area (Å²) >= 11 is 0. The number of rotatable bonds is 7. The van der Waals surface area contributed by atoms with Gasteiger partial charge in [0.15, 0.2) is 11.9 Å². The van der Waals surface area contributed by atoms with Crippen LogP contribution in [0.15, 0.2) is 36.5 Å². The van der Waals surface area contributed by atoms with Crippen LogP contribution in [0.2, 0.25) is 0 Å². The lowest BCUT2D eigenvalue weighted by Gasteiger charge is -2.45. The van der Waals surface area contributed by atoms with Crippen molar-refractivity contribution in [1.29, 1.82) is 0 Å². The van der Waals surface area contributed by atoms with Crippen molar-refractivity contribution in [2.75, 3.05) is 37.7 Å². The van der Waals surface area contributed by atoms with Gasteiger partial charge in [0.1, 0.15) is 35.4 Å². The molecular weight excluding hydrogens is 666 g/mol. The molecule has 2 bridgehead atoms. The van der Waals surface area contributed by atoms with Gasteiger partial charge < -0.3 is 19.3 Å². The van der Waals surface area contributed by atoms with E-state index in [2.05, 4.69) is 25.7 Å². The van der Waals surface area contributed by atoms with E-state index in [0.717, 1.165) is 51.6 Å². The van der Waals surface area contributed by atoms with Gasteiger partial charge in [0.2, 0.25) is 0 Å². The fourth-order valence-corrected chi connectivity index (χ4v) is 9.60. The van der Waals surface area contributed by atoms with Crippen molar-refractivity contribution < 1.29 is 27.8 Å². The van der Waals surface area contributed by atoms with Gasteiger partial charge in [-0.25, -0.2) is 8.78 Å². The number of cyclic esters (lactones) is 1. The number of hydrogen-bond donors (Lipinski definition) is 0. The molecule has 1 amide bonds. The van der Waals surface area contributed by atoms with E-state index in [9.17, 15) is 14.0 Å². The van der Waals surface area contributed by atoms with Crippen LogP contribution >= 0.6 is 0 Å². The zero-order chi connectivity index (χ0) is 35.9. The number of carbonyl (C=O) groups excluding carboxylic acids is 2. The van der Waals surface area contributed by atoms with Crippen molar-refractivity contribution in [3.05, 3.63) is 53.7 Å². The molecule has 5 aliphatic rings. The number of hydrogen-bond acceptors (Lipinski definition) is 9. The van der Waals surface area contributed by atoms with Crippen LogP contribution in [0, 0.1) is 35.8 Å². The lowest BCUT2D eigenvalue weighted by Crippen LogP contribution is -2.63. The second-order valence-corrected chi connectivity index (χ2v) is 15.4.